The number of rotatable bonds is 4. The zero-order valence-corrected chi connectivity index (χ0v) is 11.7. The van der Waals surface area contributed by atoms with Crippen molar-refractivity contribution in [3.8, 4) is 0 Å². The monoisotopic (exact) mass is 277 g/mol. The van der Waals surface area contributed by atoms with Crippen molar-refractivity contribution in [2.24, 2.45) is 0 Å². The molecule has 1 heterocycles. The largest absolute Gasteiger partial charge is 0.464 e. The Balaban J connectivity index is 2.19. The first-order valence-electron chi connectivity index (χ1n) is 6.75. The molecule has 0 unspecified atom stereocenters. The zero-order valence-electron chi connectivity index (χ0n) is 11.7. The number of nitrogens with zero attached hydrogens (tertiary/aromatic N) is 1. The molecule has 1 aliphatic rings. The Kier molecular flexibility index (Phi) is 4.74. The lowest BCUT2D eigenvalue weighted by atomic mass is 10.1. The molecule has 5 nitrogen and oxygen atoms in total. The normalized spacial score (nSPS) is 22.7. The van der Waals surface area contributed by atoms with Crippen molar-refractivity contribution < 1.29 is 19.1 Å². The summed E-state index contributed by atoms with van der Waals surface area (Å²) in [5, 5.41) is 0. The summed E-state index contributed by atoms with van der Waals surface area (Å²) < 4.78 is 10.4. The third-order valence-corrected chi connectivity index (χ3v) is 3.29. The molecule has 0 saturated carbocycles. The first-order chi connectivity index (χ1) is 9.63. The fraction of sp³-hybridized carbons (Fsp3) is 0.467. The second-order valence-electron chi connectivity index (χ2n) is 4.72. The first kappa shape index (κ1) is 14.5. The van der Waals surface area contributed by atoms with Gasteiger partial charge in [-0.05, 0) is 19.4 Å². The SMILES string of the molecule is CCOC(=O)[C@@H]1[C@@H](C)OCC(=O)N1Cc1ccccc1. The Morgan fingerprint density at radius 1 is 1.40 bits per heavy atom. The van der Waals surface area contributed by atoms with E-state index in [1.54, 1.807) is 18.7 Å². The number of ether oxygens (including phenoxy) is 2. The Morgan fingerprint density at radius 3 is 2.75 bits per heavy atom. The highest BCUT2D eigenvalue weighted by Gasteiger charge is 2.40. The van der Waals surface area contributed by atoms with Gasteiger partial charge in [0.15, 0.2) is 6.04 Å². The molecule has 0 spiro atoms. The number of benzene rings is 1. The molecular formula is C15H19NO4. The molecule has 2 rings (SSSR count). The van der Waals surface area contributed by atoms with Gasteiger partial charge in [0.2, 0.25) is 5.91 Å². The van der Waals surface area contributed by atoms with Crippen LogP contribution in [0.2, 0.25) is 0 Å². The van der Waals surface area contributed by atoms with Crippen molar-refractivity contribution in [3.63, 3.8) is 0 Å². The number of hydrogen-bond acceptors (Lipinski definition) is 4. The van der Waals surface area contributed by atoms with Crippen LogP contribution in [-0.4, -0.2) is 42.1 Å². The van der Waals surface area contributed by atoms with Gasteiger partial charge in [-0.3, -0.25) is 4.79 Å². The van der Waals surface area contributed by atoms with Gasteiger partial charge >= 0.3 is 5.97 Å². The smallest absolute Gasteiger partial charge is 0.331 e. The summed E-state index contributed by atoms with van der Waals surface area (Å²) in [6, 6.07) is 8.89. The molecule has 5 heteroatoms. The van der Waals surface area contributed by atoms with Crippen LogP contribution in [0.4, 0.5) is 0 Å². The lowest BCUT2D eigenvalue weighted by Crippen LogP contribution is -2.57. The second kappa shape index (κ2) is 6.52. The van der Waals surface area contributed by atoms with Crippen LogP contribution in [-0.2, 0) is 25.6 Å². The van der Waals surface area contributed by atoms with Gasteiger partial charge in [-0.2, -0.15) is 0 Å². The van der Waals surface area contributed by atoms with Crippen LogP contribution in [0.15, 0.2) is 30.3 Å². The Bertz CT molecular complexity index is 474. The van der Waals surface area contributed by atoms with Gasteiger partial charge in [-0.25, -0.2) is 4.79 Å². The Labute approximate surface area is 118 Å². The molecule has 0 aromatic heterocycles. The number of hydrogen-bond donors (Lipinski definition) is 0. The highest BCUT2D eigenvalue weighted by atomic mass is 16.5. The van der Waals surface area contributed by atoms with E-state index in [1.165, 1.54) is 0 Å². The van der Waals surface area contributed by atoms with E-state index in [0.29, 0.717) is 6.54 Å². The summed E-state index contributed by atoms with van der Waals surface area (Å²) in [7, 11) is 0. The van der Waals surface area contributed by atoms with Gasteiger partial charge in [-0.15, -0.1) is 0 Å². The van der Waals surface area contributed by atoms with Gasteiger partial charge in [-0.1, -0.05) is 30.3 Å². The van der Waals surface area contributed by atoms with E-state index < -0.39 is 12.0 Å². The van der Waals surface area contributed by atoms with E-state index in [-0.39, 0.29) is 25.2 Å². The third kappa shape index (κ3) is 3.17. The molecule has 1 fully saturated rings. The summed E-state index contributed by atoms with van der Waals surface area (Å²) in [5.41, 5.74) is 0.976. The minimum Gasteiger partial charge on any atom is -0.464 e. The van der Waals surface area contributed by atoms with Crippen molar-refractivity contribution in [1.82, 2.24) is 4.90 Å². The van der Waals surface area contributed by atoms with Crippen molar-refractivity contribution in [1.29, 1.82) is 0 Å². The Morgan fingerprint density at radius 2 is 2.10 bits per heavy atom. The molecule has 20 heavy (non-hydrogen) atoms. The number of morpholine rings is 1. The summed E-state index contributed by atoms with van der Waals surface area (Å²) in [6.07, 6.45) is -0.365. The average molecular weight is 277 g/mol. The highest BCUT2D eigenvalue weighted by Crippen LogP contribution is 2.19. The predicted octanol–water partition coefficient (Wildman–Crippen LogP) is 1.37. The Hall–Kier alpha value is -1.88. The van der Waals surface area contributed by atoms with E-state index in [1.807, 2.05) is 30.3 Å². The molecule has 2 atom stereocenters. The van der Waals surface area contributed by atoms with Crippen molar-refractivity contribution in [2.75, 3.05) is 13.2 Å². The van der Waals surface area contributed by atoms with Crippen molar-refractivity contribution in [2.45, 2.75) is 32.5 Å². The number of carbonyl (C=O) groups is 2. The lowest BCUT2D eigenvalue weighted by molar-refractivity contribution is -0.174. The van der Waals surface area contributed by atoms with E-state index >= 15 is 0 Å². The fourth-order valence-corrected chi connectivity index (χ4v) is 2.30. The number of carbonyl (C=O) groups excluding carboxylic acids is 2. The number of esters is 1. The van der Waals surface area contributed by atoms with Gasteiger partial charge in [0.1, 0.15) is 6.61 Å². The lowest BCUT2D eigenvalue weighted by Gasteiger charge is -2.37. The van der Waals surface area contributed by atoms with Gasteiger partial charge < -0.3 is 14.4 Å². The topological polar surface area (TPSA) is 55.8 Å². The summed E-state index contributed by atoms with van der Waals surface area (Å²) >= 11 is 0. The van der Waals surface area contributed by atoms with Crippen LogP contribution in [0, 0.1) is 0 Å². The molecule has 1 saturated heterocycles. The highest BCUT2D eigenvalue weighted by molar-refractivity contribution is 5.86. The van der Waals surface area contributed by atoms with Crippen LogP contribution in [0.1, 0.15) is 19.4 Å². The minimum absolute atomic E-state index is 0.00387. The molecule has 0 radical (unpaired) electrons. The summed E-state index contributed by atoms with van der Waals surface area (Å²) in [6.45, 7) is 4.21. The second-order valence-corrected chi connectivity index (χ2v) is 4.72. The van der Waals surface area contributed by atoms with Crippen LogP contribution >= 0.6 is 0 Å². The number of amides is 1. The van der Waals surface area contributed by atoms with Crippen LogP contribution in [0.5, 0.6) is 0 Å². The molecular weight excluding hydrogens is 258 g/mol. The van der Waals surface area contributed by atoms with Gasteiger partial charge in [0, 0.05) is 6.54 Å². The molecule has 1 amide bonds. The van der Waals surface area contributed by atoms with Crippen molar-refractivity contribution in [3.05, 3.63) is 35.9 Å². The average Bonchev–Trinajstić information content (AvgIpc) is 2.44. The maximum atomic E-state index is 12.1. The van der Waals surface area contributed by atoms with E-state index in [2.05, 4.69) is 0 Å². The summed E-state index contributed by atoms with van der Waals surface area (Å²) in [4.78, 5) is 25.7. The molecule has 0 bridgehead atoms. The maximum Gasteiger partial charge on any atom is 0.331 e. The van der Waals surface area contributed by atoms with Crippen LogP contribution in [0.3, 0.4) is 0 Å². The van der Waals surface area contributed by atoms with E-state index in [0.717, 1.165) is 5.56 Å². The molecule has 1 aliphatic heterocycles. The first-order valence-corrected chi connectivity index (χ1v) is 6.75. The van der Waals surface area contributed by atoms with E-state index in [4.69, 9.17) is 9.47 Å². The standard InChI is InChI=1S/C15H19NO4/c1-3-19-15(18)14-11(2)20-10-13(17)16(14)9-12-7-5-4-6-8-12/h4-8,11,14H,3,9-10H2,1-2H3/t11-,14+/m1/s1. The summed E-state index contributed by atoms with van der Waals surface area (Å²) in [5.74, 6) is -0.603. The zero-order chi connectivity index (χ0) is 14.5. The van der Waals surface area contributed by atoms with Crippen LogP contribution < -0.4 is 0 Å². The molecule has 1 aromatic rings. The molecule has 0 N–H and O–H groups in total. The molecule has 108 valence electrons. The maximum absolute atomic E-state index is 12.1. The fourth-order valence-electron chi connectivity index (χ4n) is 2.30. The molecule has 0 aliphatic carbocycles. The van der Waals surface area contributed by atoms with Gasteiger partial charge in [0.05, 0.1) is 12.7 Å². The van der Waals surface area contributed by atoms with Crippen molar-refractivity contribution >= 4 is 11.9 Å². The quantitative estimate of drug-likeness (QED) is 0.780. The minimum atomic E-state index is -0.684. The van der Waals surface area contributed by atoms with E-state index in [9.17, 15) is 9.59 Å². The van der Waals surface area contributed by atoms with Gasteiger partial charge in [0.25, 0.3) is 0 Å². The third-order valence-electron chi connectivity index (χ3n) is 3.29. The van der Waals surface area contributed by atoms with Crippen LogP contribution in [0.25, 0.3) is 0 Å². The molecule has 1 aromatic carbocycles. The predicted molar refractivity (Wildman–Crippen MR) is 72.8 cm³/mol.